The largest absolute Gasteiger partial charge is 0.496 e. The molecule has 0 unspecified atom stereocenters. The first-order valence-corrected chi connectivity index (χ1v) is 10.4. The summed E-state index contributed by atoms with van der Waals surface area (Å²) in [6, 6.07) is 13.9. The van der Waals surface area contributed by atoms with Crippen LogP contribution >= 0.6 is 12.2 Å². The lowest BCUT2D eigenvalue weighted by molar-refractivity contribution is -0.122. The molecule has 2 aliphatic rings. The van der Waals surface area contributed by atoms with Gasteiger partial charge in [-0.3, -0.25) is 9.69 Å². The zero-order valence-electron chi connectivity index (χ0n) is 16.9. The molecular formula is C24H24N2O3S. The molecule has 4 rings (SSSR count). The Balaban J connectivity index is 1.55. The number of hydrogen-bond acceptors (Lipinski definition) is 4. The number of thiocarbonyl (C=S) groups is 1. The smallest absolute Gasteiger partial charge is 0.276 e. The van der Waals surface area contributed by atoms with Crippen LogP contribution in [-0.2, 0) is 17.8 Å². The minimum atomic E-state index is -0.0607. The first-order valence-electron chi connectivity index (χ1n) is 9.95. The summed E-state index contributed by atoms with van der Waals surface area (Å²) < 4.78 is 11.6. The van der Waals surface area contributed by atoms with Gasteiger partial charge < -0.3 is 14.8 Å². The zero-order chi connectivity index (χ0) is 21.1. The first-order chi connectivity index (χ1) is 14.6. The van der Waals surface area contributed by atoms with Crippen molar-refractivity contribution in [1.82, 2.24) is 10.2 Å². The molecule has 0 atom stereocenters. The van der Waals surface area contributed by atoms with Crippen molar-refractivity contribution >= 4 is 29.3 Å². The fourth-order valence-electron chi connectivity index (χ4n) is 3.51. The van der Waals surface area contributed by atoms with Crippen molar-refractivity contribution in [3.8, 4) is 11.5 Å². The van der Waals surface area contributed by atoms with E-state index in [0.717, 1.165) is 47.5 Å². The van der Waals surface area contributed by atoms with Crippen LogP contribution < -0.4 is 14.8 Å². The van der Waals surface area contributed by atoms with Gasteiger partial charge in [-0.25, -0.2) is 0 Å². The molecule has 1 amide bonds. The van der Waals surface area contributed by atoms with Crippen molar-refractivity contribution in [2.45, 2.75) is 31.9 Å². The summed E-state index contributed by atoms with van der Waals surface area (Å²) in [5.74, 6) is 1.50. The van der Waals surface area contributed by atoms with E-state index >= 15 is 0 Å². The number of hydrogen-bond donors (Lipinski definition) is 1. The average Bonchev–Trinajstić information content (AvgIpc) is 3.54. The Hall–Kier alpha value is -3.12. The van der Waals surface area contributed by atoms with Crippen LogP contribution in [0.1, 0.15) is 29.5 Å². The number of para-hydroxylation sites is 1. The van der Waals surface area contributed by atoms with Crippen LogP contribution in [0.15, 0.2) is 60.8 Å². The van der Waals surface area contributed by atoms with E-state index in [-0.39, 0.29) is 11.9 Å². The monoisotopic (exact) mass is 420 g/mol. The highest BCUT2D eigenvalue weighted by Crippen LogP contribution is 2.31. The van der Waals surface area contributed by atoms with Gasteiger partial charge >= 0.3 is 0 Å². The third-order valence-electron chi connectivity index (χ3n) is 5.16. The van der Waals surface area contributed by atoms with Crippen LogP contribution in [-0.4, -0.2) is 29.1 Å². The maximum Gasteiger partial charge on any atom is 0.276 e. The van der Waals surface area contributed by atoms with Crippen molar-refractivity contribution in [2.75, 3.05) is 7.11 Å². The number of carbonyl (C=O) groups is 1. The Morgan fingerprint density at radius 3 is 2.73 bits per heavy atom. The molecule has 1 aliphatic carbocycles. The Bertz CT molecular complexity index is 1030. The van der Waals surface area contributed by atoms with E-state index in [9.17, 15) is 4.79 Å². The predicted octanol–water partition coefficient (Wildman–Crippen LogP) is 4.22. The first kappa shape index (κ1) is 20.2. The van der Waals surface area contributed by atoms with E-state index in [1.54, 1.807) is 12.0 Å². The maximum absolute atomic E-state index is 12.7. The van der Waals surface area contributed by atoms with E-state index in [4.69, 9.17) is 21.7 Å². The Morgan fingerprint density at radius 2 is 2.00 bits per heavy atom. The predicted molar refractivity (Wildman–Crippen MR) is 121 cm³/mol. The molecule has 6 heteroatoms. The molecule has 30 heavy (non-hydrogen) atoms. The van der Waals surface area contributed by atoms with Crippen LogP contribution in [0, 0.1) is 0 Å². The van der Waals surface area contributed by atoms with Crippen molar-refractivity contribution in [1.29, 1.82) is 0 Å². The molecule has 0 bridgehead atoms. The van der Waals surface area contributed by atoms with Crippen LogP contribution in [0.5, 0.6) is 11.5 Å². The summed E-state index contributed by atoms with van der Waals surface area (Å²) in [4.78, 5) is 14.4. The quantitative estimate of drug-likeness (QED) is 0.394. The lowest BCUT2D eigenvalue weighted by atomic mass is 10.1. The van der Waals surface area contributed by atoms with Crippen LogP contribution in [0.25, 0.3) is 6.08 Å². The van der Waals surface area contributed by atoms with Gasteiger partial charge in [0, 0.05) is 11.6 Å². The molecule has 1 aliphatic heterocycles. The van der Waals surface area contributed by atoms with Gasteiger partial charge in [0.2, 0.25) is 0 Å². The minimum absolute atomic E-state index is 0.0607. The van der Waals surface area contributed by atoms with E-state index in [0.29, 0.717) is 17.4 Å². The van der Waals surface area contributed by atoms with Crippen molar-refractivity contribution in [2.24, 2.45) is 0 Å². The van der Waals surface area contributed by atoms with Gasteiger partial charge in [0.15, 0.2) is 5.11 Å². The number of nitrogens with zero attached hydrogens (tertiary/aromatic N) is 1. The molecule has 5 nitrogen and oxygen atoms in total. The number of ether oxygens (including phenoxy) is 2. The molecule has 1 N–H and O–H groups in total. The van der Waals surface area contributed by atoms with Crippen molar-refractivity contribution in [3.05, 3.63) is 77.5 Å². The third kappa shape index (κ3) is 4.24. The number of allylic oxidation sites excluding steroid dienone is 1. The summed E-state index contributed by atoms with van der Waals surface area (Å²) in [6.07, 6.45) is 6.45. The number of rotatable bonds is 8. The lowest BCUT2D eigenvalue weighted by Gasteiger charge is -2.13. The van der Waals surface area contributed by atoms with Gasteiger partial charge in [-0.1, -0.05) is 30.3 Å². The number of benzene rings is 2. The highest BCUT2D eigenvalue weighted by atomic mass is 32.1. The average molecular weight is 421 g/mol. The van der Waals surface area contributed by atoms with E-state index in [1.807, 2.05) is 54.6 Å². The molecule has 0 aromatic heterocycles. The van der Waals surface area contributed by atoms with Crippen LogP contribution in [0.2, 0.25) is 0 Å². The summed E-state index contributed by atoms with van der Waals surface area (Å²) in [5, 5.41) is 3.54. The van der Waals surface area contributed by atoms with E-state index in [1.165, 1.54) is 0 Å². The number of methoxy groups -OCH3 is 1. The minimum Gasteiger partial charge on any atom is -0.496 e. The van der Waals surface area contributed by atoms with E-state index < -0.39 is 0 Å². The SMILES string of the molecule is C=CCc1ccccc1OCc1cc(/C=C2/NC(=S)N(C3CC3)C2=O)ccc1OC. The normalized spacial score (nSPS) is 17.2. The summed E-state index contributed by atoms with van der Waals surface area (Å²) in [6.45, 7) is 4.16. The lowest BCUT2D eigenvalue weighted by Crippen LogP contribution is -2.32. The molecular weight excluding hydrogens is 396 g/mol. The summed E-state index contributed by atoms with van der Waals surface area (Å²) >= 11 is 5.33. The van der Waals surface area contributed by atoms with Crippen LogP contribution in [0.3, 0.4) is 0 Å². The highest BCUT2D eigenvalue weighted by molar-refractivity contribution is 7.80. The molecule has 2 aromatic rings. The second kappa shape index (κ2) is 8.71. The van der Waals surface area contributed by atoms with Gasteiger partial charge in [0.1, 0.15) is 23.8 Å². The van der Waals surface area contributed by atoms with Crippen molar-refractivity contribution < 1.29 is 14.3 Å². The van der Waals surface area contributed by atoms with Gasteiger partial charge in [-0.2, -0.15) is 0 Å². The number of nitrogens with one attached hydrogen (secondary N) is 1. The van der Waals surface area contributed by atoms with Crippen LogP contribution in [0.4, 0.5) is 0 Å². The molecule has 0 radical (unpaired) electrons. The molecule has 1 saturated carbocycles. The molecule has 2 fully saturated rings. The number of amides is 1. The third-order valence-corrected chi connectivity index (χ3v) is 5.46. The van der Waals surface area contributed by atoms with Gasteiger partial charge in [-0.15, -0.1) is 6.58 Å². The standard InChI is InChI=1S/C24H24N2O3S/c1-3-6-17-7-4-5-8-22(17)29-15-18-13-16(9-12-21(18)28-2)14-20-23(27)26(19-10-11-19)24(30)25-20/h3-5,7-9,12-14,19H,1,6,10-11,15H2,2H3,(H,25,30)/b20-14+. The highest BCUT2D eigenvalue weighted by Gasteiger charge is 2.41. The molecule has 0 spiro atoms. The maximum atomic E-state index is 12.7. The molecule has 1 saturated heterocycles. The Kier molecular flexibility index (Phi) is 5.86. The Labute approximate surface area is 182 Å². The van der Waals surface area contributed by atoms with Gasteiger partial charge in [0.25, 0.3) is 5.91 Å². The van der Waals surface area contributed by atoms with Gasteiger partial charge in [0.05, 0.1) is 7.11 Å². The summed E-state index contributed by atoms with van der Waals surface area (Å²) in [7, 11) is 1.64. The summed E-state index contributed by atoms with van der Waals surface area (Å²) in [5.41, 5.74) is 3.36. The second-order valence-corrected chi connectivity index (χ2v) is 7.74. The van der Waals surface area contributed by atoms with E-state index in [2.05, 4.69) is 11.9 Å². The zero-order valence-corrected chi connectivity index (χ0v) is 17.7. The molecule has 1 heterocycles. The Morgan fingerprint density at radius 1 is 1.20 bits per heavy atom. The van der Waals surface area contributed by atoms with Crippen molar-refractivity contribution in [3.63, 3.8) is 0 Å². The fraction of sp³-hybridized carbons (Fsp3) is 0.250. The second-order valence-electron chi connectivity index (χ2n) is 7.35. The topological polar surface area (TPSA) is 50.8 Å². The molecule has 154 valence electrons. The molecule has 2 aromatic carbocycles. The van der Waals surface area contributed by atoms with Gasteiger partial charge in [-0.05, 0) is 66.9 Å². The fourth-order valence-corrected chi connectivity index (χ4v) is 3.85. The number of carbonyl (C=O) groups excluding carboxylic acids is 1.